The number of ether oxygens (including phenoxy) is 1. The number of allylic oxidation sites excluding steroid dienone is 1. The lowest BCUT2D eigenvalue weighted by molar-refractivity contribution is -0.464. The van der Waals surface area contributed by atoms with Crippen molar-refractivity contribution >= 4 is 5.78 Å². The van der Waals surface area contributed by atoms with E-state index in [9.17, 15) is 9.90 Å². The number of hydrogen-bond acceptors (Lipinski definition) is 5. The zero-order valence-corrected chi connectivity index (χ0v) is 12.2. The standard InChI is InChI=1S/C14H20O5/c1-8-10(15)9-7-12(2,3)18-19-14(9,16)13(4,5)11(8)17-6/h7,16H,1-6H3. The third-order valence-electron chi connectivity index (χ3n) is 3.78. The predicted octanol–water partition coefficient (Wildman–Crippen LogP) is 1.87. The first-order chi connectivity index (χ1) is 8.57. The van der Waals surface area contributed by atoms with Crippen LogP contribution in [0.3, 0.4) is 0 Å². The summed E-state index contributed by atoms with van der Waals surface area (Å²) in [5, 5.41) is 10.8. The number of Topliss-reactive ketones (excluding diaryl/α,β-unsaturated/α-hetero) is 1. The first-order valence-electron chi connectivity index (χ1n) is 6.19. The van der Waals surface area contributed by atoms with Gasteiger partial charge in [-0.15, -0.1) is 0 Å². The van der Waals surface area contributed by atoms with Gasteiger partial charge in [0.1, 0.15) is 11.4 Å². The molecule has 5 heteroatoms. The smallest absolute Gasteiger partial charge is 0.241 e. The van der Waals surface area contributed by atoms with Crippen molar-refractivity contribution in [3.63, 3.8) is 0 Å². The number of ketones is 1. The predicted molar refractivity (Wildman–Crippen MR) is 67.8 cm³/mol. The molecule has 0 radical (unpaired) electrons. The lowest BCUT2D eigenvalue weighted by Gasteiger charge is -2.49. The highest BCUT2D eigenvalue weighted by Crippen LogP contribution is 2.52. The number of carbonyl (C=O) groups is 1. The van der Waals surface area contributed by atoms with E-state index in [1.807, 2.05) is 0 Å². The Morgan fingerprint density at radius 3 is 2.32 bits per heavy atom. The number of aliphatic hydroxyl groups is 1. The van der Waals surface area contributed by atoms with Gasteiger partial charge in [0.25, 0.3) is 0 Å². The summed E-state index contributed by atoms with van der Waals surface area (Å²) in [6.07, 6.45) is 1.61. The molecule has 2 aliphatic rings. The van der Waals surface area contributed by atoms with Crippen molar-refractivity contribution in [1.29, 1.82) is 0 Å². The Balaban J connectivity index is 2.72. The van der Waals surface area contributed by atoms with Gasteiger partial charge in [0.15, 0.2) is 5.78 Å². The molecule has 106 valence electrons. The number of hydrogen-bond donors (Lipinski definition) is 1. The Hall–Kier alpha value is -1.17. The van der Waals surface area contributed by atoms with Gasteiger partial charge in [0.05, 0.1) is 18.1 Å². The highest BCUT2D eigenvalue weighted by Gasteiger charge is 2.61. The van der Waals surface area contributed by atoms with Crippen LogP contribution in [0.1, 0.15) is 34.6 Å². The Kier molecular flexibility index (Phi) is 2.93. The monoisotopic (exact) mass is 268 g/mol. The molecule has 5 nitrogen and oxygen atoms in total. The van der Waals surface area contributed by atoms with E-state index in [0.717, 1.165) is 0 Å². The molecule has 0 bridgehead atoms. The average molecular weight is 268 g/mol. The fraction of sp³-hybridized carbons (Fsp3) is 0.643. The van der Waals surface area contributed by atoms with E-state index in [-0.39, 0.29) is 11.4 Å². The van der Waals surface area contributed by atoms with E-state index in [1.54, 1.807) is 40.7 Å². The lowest BCUT2D eigenvalue weighted by Crippen LogP contribution is -2.58. The molecule has 0 saturated heterocycles. The summed E-state index contributed by atoms with van der Waals surface area (Å²) < 4.78 is 5.29. The fourth-order valence-corrected chi connectivity index (χ4v) is 2.68. The first kappa shape index (κ1) is 14.2. The molecule has 2 rings (SSSR count). The van der Waals surface area contributed by atoms with Crippen molar-refractivity contribution < 1.29 is 24.4 Å². The summed E-state index contributed by atoms with van der Waals surface area (Å²) in [5.74, 6) is -1.72. The van der Waals surface area contributed by atoms with Crippen molar-refractivity contribution in [1.82, 2.24) is 0 Å². The molecule has 1 aliphatic carbocycles. The second-order valence-electron chi connectivity index (χ2n) is 6.08. The molecule has 0 saturated carbocycles. The van der Waals surface area contributed by atoms with E-state index in [0.29, 0.717) is 11.3 Å². The summed E-state index contributed by atoms with van der Waals surface area (Å²) >= 11 is 0. The van der Waals surface area contributed by atoms with Crippen LogP contribution in [0, 0.1) is 5.41 Å². The molecule has 1 aliphatic heterocycles. The minimum absolute atomic E-state index is 0.201. The van der Waals surface area contributed by atoms with E-state index >= 15 is 0 Å². The van der Waals surface area contributed by atoms with Crippen LogP contribution in [0.2, 0.25) is 0 Å². The zero-order valence-electron chi connectivity index (χ0n) is 12.2. The SMILES string of the molecule is COC1=C(C)C(=O)C2=CC(C)(C)OOC2(O)C1(C)C. The lowest BCUT2D eigenvalue weighted by atomic mass is 9.68. The van der Waals surface area contributed by atoms with Crippen molar-refractivity contribution in [3.05, 3.63) is 23.0 Å². The molecule has 1 heterocycles. The van der Waals surface area contributed by atoms with Crippen molar-refractivity contribution in [2.45, 2.75) is 46.0 Å². The average Bonchev–Trinajstić information content (AvgIpc) is 2.30. The van der Waals surface area contributed by atoms with Crippen molar-refractivity contribution in [3.8, 4) is 0 Å². The molecule has 0 fully saturated rings. The van der Waals surface area contributed by atoms with Crippen LogP contribution in [0.4, 0.5) is 0 Å². The van der Waals surface area contributed by atoms with Gasteiger partial charge in [-0.25, -0.2) is 4.89 Å². The second kappa shape index (κ2) is 3.91. The van der Waals surface area contributed by atoms with Crippen molar-refractivity contribution in [2.75, 3.05) is 7.11 Å². The summed E-state index contributed by atoms with van der Waals surface area (Å²) in [4.78, 5) is 22.8. The van der Waals surface area contributed by atoms with Crippen LogP contribution in [-0.4, -0.2) is 29.4 Å². The first-order valence-corrected chi connectivity index (χ1v) is 6.19. The number of methoxy groups -OCH3 is 1. The van der Waals surface area contributed by atoms with Gasteiger partial charge in [0, 0.05) is 5.57 Å². The molecular formula is C14H20O5. The van der Waals surface area contributed by atoms with Crippen LogP contribution >= 0.6 is 0 Å². The molecule has 0 aromatic heterocycles. The summed E-state index contributed by atoms with van der Waals surface area (Å²) in [6.45, 7) is 8.69. The minimum atomic E-state index is -1.84. The van der Waals surface area contributed by atoms with Crippen LogP contribution in [0.25, 0.3) is 0 Å². The second-order valence-corrected chi connectivity index (χ2v) is 6.08. The third-order valence-corrected chi connectivity index (χ3v) is 3.78. The minimum Gasteiger partial charge on any atom is -0.500 e. The van der Waals surface area contributed by atoms with Gasteiger partial charge >= 0.3 is 0 Å². The Bertz CT molecular complexity index is 498. The Morgan fingerprint density at radius 2 is 1.79 bits per heavy atom. The highest BCUT2D eigenvalue weighted by molar-refractivity contribution is 6.11. The van der Waals surface area contributed by atoms with E-state index < -0.39 is 16.8 Å². The number of rotatable bonds is 1. The number of carbonyl (C=O) groups excluding carboxylic acids is 1. The van der Waals surface area contributed by atoms with Gasteiger partial charge < -0.3 is 9.84 Å². The summed E-state index contributed by atoms with van der Waals surface area (Å²) in [7, 11) is 1.47. The third kappa shape index (κ3) is 1.76. The quantitative estimate of drug-likeness (QED) is 0.735. The molecular weight excluding hydrogens is 248 g/mol. The normalized spacial score (nSPS) is 32.8. The van der Waals surface area contributed by atoms with Crippen LogP contribution in [-0.2, 0) is 19.3 Å². The largest absolute Gasteiger partial charge is 0.500 e. The summed E-state index contributed by atoms with van der Waals surface area (Å²) in [6, 6.07) is 0. The Labute approximate surface area is 112 Å². The number of fused-ring (bicyclic) bond motifs is 1. The topological polar surface area (TPSA) is 65.0 Å². The maximum atomic E-state index is 12.4. The van der Waals surface area contributed by atoms with Crippen LogP contribution < -0.4 is 0 Å². The van der Waals surface area contributed by atoms with Gasteiger partial charge in [-0.3, -0.25) is 4.79 Å². The molecule has 1 unspecified atom stereocenters. The summed E-state index contributed by atoms with van der Waals surface area (Å²) in [5.41, 5.74) is -1.02. The van der Waals surface area contributed by atoms with Crippen LogP contribution in [0.15, 0.2) is 23.0 Å². The van der Waals surface area contributed by atoms with Gasteiger partial charge in [-0.2, -0.15) is 4.89 Å². The highest BCUT2D eigenvalue weighted by atomic mass is 17.2. The molecule has 0 aromatic carbocycles. The molecule has 1 N–H and O–H groups in total. The van der Waals surface area contributed by atoms with Gasteiger partial charge in [0.2, 0.25) is 5.79 Å². The maximum Gasteiger partial charge on any atom is 0.241 e. The molecule has 0 aromatic rings. The Morgan fingerprint density at radius 1 is 1.21 bits per heavy atom. The van der Waals surface area contributed by atoms with E-state index in [1.165, 1.54) is 7.11 Å². The molecule has 19 heavy (non-hydrogen) atoms. The van der Waals surface area contributed by atoms with Crippen LogP contribution in [0.5, 0.6) is 0 Å². The fourth-order valence-electron chi connectivity index (χ4n) is 2.68. The molecule has 1 atom stereocenters. The van der Waals surface area contributed by atoms with Crippen molar-refractivity contribution in [2.24, 2.45) is 5.41 Å². The molecule has 0 spiro atoms. The van der Waals surface area contributed by atoms with E-state index in [2.05, 4.69) is 0 Å². The van der Waals surface area contributed by atoms with E-state index in [4.69, 9.17) is 14.5 Å². The zero-order chi connectivity index (χ0) is 14.6. The van der Waals surface area contributed by atoms with Gasteiger partial charge in [-0.05, 0) is 40.7 Å². The molecule has 0 amide bonds. The maximum absolute atomic E-state index is 12.4. The van der Waals surface area contributed by atoms with Gasteiger partial charge in [-0.1, -0.05) is 0 Å².